The van der Waals surface area contributed by atoms with E-state index in [0.717, 1.165) is 44.1 Å². The zero-order valence-corrected chi connectivity index (χ0v) is 14.3. The minimum Gasteiger partial charge on any atom is -0.347 e. The van der Waals surface area contributed by atoms with Crippen molar-refractivity contribution in [2.24, 2.45) is 0 Å². The fraction of sp³-hybridized carbons (Fsp3) is 0.895. The first kappa shape index (κ1) is 15.8. The Kier molecular flexibility index (Phi) is 3.80. The largest absolute Gasteiger partial charge is 0.347 e. The fourth-order valence-electron chi connectivity index (χ4n) is 5.06. The van der Waals surface area contributed by atoms with E-state index in [1.807, 2.05) is 0 Å². The Morgan fingerprint density at radius 1 is 0.750 bits per heavy atom. The Morgan fingerprint density at radius 3 is 2.08 bits per heavy atom. The summed E-state index contributed by atoms with van der Waals surface area (Å²) >= 11 is 0. The van der Waals surface area contributed by atoms with Crippen LogP contribution in [-0.2, 0) is 23.7 Å². The van der Waals surface area contributed by atoms with Crippen LogP contribution < -0.4 is 0 Å². The summed E-state index contributed by atoms with van der Waals surface area (Å²) in [6.45, 7) is 4.85. The Labute approximate surface area is 143 Å². The fourth-order valence-corrected chi connectivity index (χ4v) is 5.06. The van der Waals surface area contributed by atoms with Crippen LogP contribution in [0.5, 0.6) is 0 Å². The second-order valence-corrected chi connectivity index (χ2v) is 8.07. The molecule has 0 bridgehead atoms. The number of hydrogen-bond donors (Lipinski definition) is 0. The molecule has 5 heteroatoms. The minimum atomic E-state index is -0.431. The van der Waals surface area contributed by atoms with Crippen molar-refractivity contribution in [2.75, 3.05) is 6.61 Å². The number of hydrogen-bond acceptors (Lipinski definition) is 5. The number of rotatable bonds is 1. The van der Waals surface area contributed by atoms with Crippen molar-refractivity contribution in [1.82, 2.24) is 0 Å². The zero-order valence-electron chi connectivity index (χ0n) is 14.3. The summed E-state index contributed by atoms with van der Waals surface area (Å²) in [5, 5.41) is 0. The SMILES string of the molecule is C=C1[C@H]2OC3(CCCCC3)O[C@H]2O[C@@H]1[C@H]1COC2(CCCCC2)O1. The van der Waals surface area contributed by atoms with E-state index in [4.69, 9.17) is 23.7 Å². The molecule has 3 heterocycles. The lowest BCUT2D eigenvalue weighted by molar-refractivity contribution is -0.244. The quantitative estimate of drug-likeness (QED) is 0.687. The van der Waals surface area contributed by atoms with Gasteiger partial charge in [0, 0.05) is 25.7 Å². The van der Waals surface area contributed by atoms with Gasteiger partial charge in [-0.15, -0.1) is 0 Å². The second-order valence-electron chi connectivity index (χ2n) is 8.07. The van der Waals surface area contributed by atoms with E-state index in [1.165, 1.54) is 25.7 Å². The van der Waals surface area contributed by atoms with E-state index in [9.17, 15) is 0 Å². The maximum absolute atomic E-state index is 6.33. The molecule has 0 amide bonds. The highest BCUT2D eigenvalue weighted by Crippen LogP contribution is 2.48. The molecule has 0 aromatic heterocycles. The summed E-state index contributed by atoms with van der Waals surface area (Å²) in [4.78, 5) is 0. The molecule has 5 nitrogen and oxygen atoms in total. The summed E-state index contributed by atoms with van der Waals surface area (Å²) in [6.07, 6.45) is 10.4. The predicted octanol–water partition coefficient (Wildman–Crippen LogP) is 3.42. The van der Waals surface area contributed by atoms with E-state index in [1.54, 1.807) is 0 Å². The van der Waals surface area contributed by atoms with Gasteiger partial charge in [-0.1, -0.05) is 19.4 Å². The van der Waals surface area contributed by atoms with Gasteiger partial charge in [-0.05, 0) is 31.3 Å². The smallest absolute Gasteiger partial charge is 0.191 e. The van der Waals surface area contributed by atoms with E-state index < -0.39 is 5.79 Å². The highest BCUT2D eigenvalue weighted by Gasteiger charge is 2.58. The maximum Gasteiger partial charge on any atom is 0.191 e. The molecule has 0 aromatic carbocycles. The molecule has 2 saturated carbocycles. The van der Waals surface area contributed by atoms with Gasteiger partial charge in [0.05, 0.1) is 6.61 Å². The van der Waals surface area contributed by atoms with Gasteiger partial charge < -0.3 is 23.7 Å². The monoisotopic (exact) mass is 336 g/mol. The first-order valence-electron chi connectivity index (χ1n) is 9.70. The third-order valence-electron chi connectivity index (χ3n) is 6.38. The van der Waals surface area contributed by atoms with Crippen molar-refractivity contribution in [3.8, 4) is 0 Å². The first-order valence-corrected chi connectivity index (χ1v) is 9.70. The van der Waals surface area contributed by atoms with Crippen molar-refractivity contribution in [2.45, 2.75) is 100 Å². The van der Waals surface area contributed by atoms with Crippen LogP contribution in [0.15, 0.2) is 12.2 Å². The molecule has 5 aliphatic rings. The Hall–Kier alpha value is -0.460. The topological polar surface area (TPSA) is 46.2 Å². The van der Waals surface area contributed by atoms with Gasteiger partial charge >= 0.3 is 0 Å². The molecule has 0 unspecified atom stereocenters. The zero-order chi connectivity index (χ0) is 16.2. The lowest BCUT2D eigenvalue weighted by atomic mass is 9.94. The molecule has 0 N–H and O–H groups in total. The van der Waals surface area contributed by atoms with Crippen molar-refractivity contribution in [1.29, 1.82) is 0 Å². The second kappa shape index (κ2) is 5.78. The summed E-state index contributed by atoms with van der Waals surface area (Å²) in [7, 11) is 0. The molecule has 134 valence electrons. The molecule has 5 fully saturated rings. The number of ether oxygens (including phenoxy) is 5. The molecular weight excluding hydrogens is 308 g/mol. The van der Waals surface area contributed by atoms with Crippen molar-refractivity contribution in [3.05, 3.63) is 12.2 Å². The van der Waals surface area contributed by atoms with E-state index >= 15 is 0 Å². The predicted molar refractivity (Wildman–Crippen MR) is 86.2 cm³/mol. The summed E-state index contributed by atoms with van der Waals surface area (Å²) < 4.78 is 31.1. The molecule has 4 atom stereocenters. The lowest BCUT2D eigenvalue weighted by Gasteiger charge is -2.34. The summed E-state index contributed by atoms with van der Waals surface area (Å²) in [6, 6.07) is 0. The van der Waals surface area contributed by atoms with E-state index in [0.29, 0.717) is 6.61 Å². The van der Waals surface area contributed by atoms with Gasteiger partial charge in [-0.2, -0.15) is 0 Å². The van der Waals surface area contributed by atoms with Crippen LogP contribution in [0, 0.1) is 0 Å². The van der Waals surface area contributed by atoms with Gasteiger partial charge in [0.2, 0.25) is 0 Å². The van der Waals surface area contributed by atoms with Crippen molar-refractivity contribution < 1.29 is 23.7 Å². The van der Waals surface area contributed by atoms with Crippen molar-refractivity contribution in [3.63, 3.8) is 0 Å². The van der Waals surface area contributed by atoms with Gasteiger partial charge in [0.25, 0.3) is 0 Å². The van der Waals surface area contributed by atoms with Crippen molar-refractivity contribution >= 4 is 0 Å². The Morgan fingerprint density at radius 2 is 1.42 bits per heavy atom. The lowest BCUT2D eigenvalue weighted by Crippen LogP contribution is -2.39. The molecule has 24 heavy (non-hydrogen) atoms. The van der Waals surface area contributed by atoms with Gasteiger partial charge in [0.15, 0.2) is 17.9 Å². The summed E-state index contributed by atoms with van der Waals surface area (Å²) in [5.74, 6) is -0.810. The van der Waals surface area contributed by atoms with E-state index in [2.05, 4.69) is 6.58 Å². The highest BCUT2D eigenvalue weighted by molar-refractivity contribution is 5.20. The molecule has 2 spiro atoms. The Balaban J connectivity index is 1.25. The molecule has 0 aromatic rings. The van der Waals surface area contributed by atoms with Crippen LogP contribution in [0.2, 0.25) is 0 Å². The van der Waals surface area contributed by atoms with Crippen LogP contribution in [0.4, 0.5) is 0 Å². The van der Waals surface area contributed by atoms with Gasteiger partial charge in [-0.25, -0.2) is 0 Å². The third-order valence-corrected chi connectivity index (χ3v) is 6.38. The van der Waals surface area contributed by atoms with Crippen LogP contribution in [0.1, 0.15) is 64.2 Å². The maximum atomic E-state index is 6.33. The highest BCUT2D eigenvalue weighted by atomic mass is 16.8. The van der Waals surface area contributed by atoms with Crippen LogP contribution >= 0.6 is 0 Å². The molecule has 2 aliphatic carbocycles. The van der Waals surface area contributed by atoms with Crippen LogP contribution in [-0.4, -0.2) is 42.8 Å². The Bertz CT molecular complexity index is 506. The summed E-state index contributed by atoms with van der Waals surface area (Å²) in [5.41, 5.74) is 0.962. The molecule has 0 radical (unpaired) electrons. The number of fused-ring (bicyclic) bond motifs is 1. The standard InChI is InChI=1S/C19H28O5/c1-13-15(14-12-20-18(22-14)8-4-2-5-9-18)21-17-16(13)23-19(24-17)10-6-3-7-11-19/h14-17H,1-12H2/t14-,15+,16-,17-/m1/s1. The van der Waals surface area contributed by atoms with Crippen LogP contribution in [0.3, 0.4) is 0 Å². The van der Waals surface area contributed by atoms with E-state index in [-0.39, 0.29) is 30.4 Å². The average molecular weight is 336 g/mol. The van der Waals surface area contributed by atoms with Gasteiger partial charge in [0.1, 0.15) is 18.3 Å². The molecule has 3 aliphatic heterocycles. The molecular formula is C19H28O5. The molecule has 5 rings (SSSR count). The van der Waals surface area contributed by atoms with Crippen LogP contribution in [0.25, 0.3) is 0 Å². The first-order chi connectivity index (χ1) is 11.7. The molecule has 3 saturated heterocycles. The normalized spacial score (nSPS) is 43.6. The third kappa shape index (κ3) is 2.48. The minimum absolute atomic E-state index is 0.0873. The average Bonchev–Trinajstić information content (AvgIpc) is 3.23. The van der Waals surface area contributed by atoms with Gasteiger partial charge in [-0.3, -0.25) is 0 Å².